The van der Waals surface area contributed by atoms with E-state index < -0.39 is 0 Å². The molecule has 1 amide bonds. The summed E-state index contributed by atoms with van der Waals surface area (Å²) < 4.78 is 0. The molecule has 4 N–H and O–H groups in total. The van der Waals surface area contributed by atoms with E-state index in [9.17, 15) is 4.79 Å². The van der Waals surface area contributed by atoms with Crippen molar-refractivity contribution < 1.29 is 4.79 Å². The highest BCUT2D eigenvalue weighted by Gasteiger charge is 2.24. The summed E-state index contributed by atoms with van der Waals surface area (Å²) in [6.07, 6.45) is 2.13. The number of amides is 1. The van der Waals surface area contributed by atoms with E-state index in [0.717, 1.165) is 23.7 Å². The maximum atomic E-state index is 12.2. The molecule has 0 bridgehead atoms. The summed E-state index contributed by atoms with van der Waals surface area (Å²) in [7, 11) is 0. The molecule has 0 unspecified atom stereocenters. The van der Waals surface area contributed by atoms with Crippen molar-refractivity contribution in [1.82, 2.24) is 10.3 Å². The minimum Gasteiger partial charge on any atom is -0.349 e. The van der Waals surface area contributed by atoms with E-state index >= 15 is 0 Å². The van der Waals surface area contributed by atoms with Crippen molar-refractivity contribution in [1.29, 1.82) is 0 Å². The molecule has 92 valence electrons. The van der Waals surface area contributed by atoms with Crippen LogP contribution >= 0.6 is 0 Å². The lowest BCUT2D eigenvalue weighted by molar-refractivity contribution is 0.0952. The number of hydrogen-bond donors (Lipinski definition) is 3. The number of benzene rings is 1. The first kappa shape index (κ1) is 11.0. The van der Waals surface area contributed by atoms with Crippen LogP contribution in [0.5, 0.6) is 0 Å². The summed E-state index contributed by atoms with van der Waals surface area (Å²) in [5.74, 6) is 5.81. The third kappa shape index (κ3) is 2.00. The van der Waals surface area contributed by atoms with Gasteiger partial charge in [0.15, 0.2) is 0 Å². The van der Waals surface area contributed by atoms with E-state index in [-0.39, 0.29) is 5.91 Å². The lowest BCUT2D eigenvalue weighted by atomic mass is 10.1. The van der Waals surface area contributed by atoms with E-state index in [0.29, 0.717) is 17.4 Å². The van der Waals surface area contributed by atoms with Crippen molar-refractivity contribution in [3.63, 3.8) is 0 Å². The number of pyridine rings is 1. The van der Waals surface area contributed by atoms with E-state index in [1.54, 1.807) is 6.07 Å². The topological polar surface area (TPSA) is 80.0 Å². The Labute approximate surface area is 104 Å². The van der Waals surface area contributed by atoms with Gasteiger partial charge < -0.3 is 10.7 Å². The number of nitrogens with zero attached hydrogens (tertiary/aromatic N) is 1. The molecule has 1 fully saturated rings. The van der Waals surface area contributed by atoms with Crippen LogP contribution in [0.15, 0.2) is 30.3 Å². The Bertz CT molecular complexity index is 607. The Kier molecular flexibility index (Phi) is 2.60. The Morgan fingerprint density at radius 2 is 2.11 bits per heavy atom. The molecule has 1 aromatic heterocycles. The molecule has 18 heavy (non-hydrogen) atoms. The van der Waals surface area contributed by atoms with Gasteiger partial charge in [0.05, 0.1) is 11.1 Å². The first-order chi connectivity index (χ1) is 8.78. The second-order valence-corrected chi connectivity index (χ2v) is 4.46. The van der Waals surface area contributed by atoms with Crippen molar-refractivity contribution in [3.05, 3.63) is 35.9 Å². The molecule has 1 aliphatic carbocycles. The molecule has 0 aliphatic heterocycles. The van der Waals surface area contributed by atoms with Crippen molar-refractivity contribution >= 4 is 22.6 Å². The van der Waals surface area contributed by atoms with Gasteiger partial charge in [-0.15, -0.1) is 0 Å². The molecule has 1 heterocycles. The molecular formula is C13H14N4O. The number of carbonyl (C=O) groups is 1. The molecule has 0 atom stereocenters. The Morgan fingerprint density at radius 1 is 1.33 bits per heavy atom. The summed E-state index contributed by atoms with van der Waals surface area (Å²) in [4.78, 5) is 16.5. The van der Waals surface area contributed by atoms with Crippen LogP contribution in [0.25, 0.3) is 10.9 Å². The van der Waals surface area contributed by atoms with Crippen LogP contribution in [0, 0.1) is 0 Å². The van der Waals surface area contributed by atoms with Crippen LogP contribution in [0.4, 0.5) is 5.82 Å². The molecular weight excluding hydrogens is 228 g/mol. The van der Waals surface area contributed by atoms with Crippen molar-refractivity contribution in [2.24, 2.45) is 5.84 Å². The highest BCUT2D eigenvalue weighted by Crippen LogP contribution is 2.23. The van der Waals surface area contributed by atoms with Gasteiger partial charge in [-0.1, -0.05) is 18.2 Å². The van der Waals surface area contributed by atoms with Gasteiger partial charge >= 0.3 is 0 Å². The fourth-order valence-electron chi connectivity index (χ4n) is 1.93. The molecule has 1 aliphatic rings. The number of nitrogens with two attached hydrogens (primary N) is 1. The fraction of sp³-hybridized carbons (Fsp3) is 0.231. The summed E-state index contributed by atoms with van der Waals surface area (Å²) in [6.45, 7) is 0. The summed E-state index contributed by atoms with van der Waals surface area (Å²) in [6, 6.07) is 9.55. The van der Waals surface area contributed by atoms with Crippen LogP contribution in [-0.2, 0) is 0 Å². The molecule has 1 saturated carbocycles. The average molecular weight is 242 g/mol. The number of hydrogen-bond acceptors (Lipinski definition) is 4. The van der Waals surface area contributed by atoms with Gasteiger partial charge in [-0.3, -0.25) is 4.79 Å². The number of aromatic nitrogens is 1. The number of carbonyl (C=O) groups excluding carboxylic acids is 1. The van der Waals surface area contributed by atoms with Crippen LogP contribution in [0.3, 0.4) is 0 Å². The second kappa shape index (κ2) is 4.27. The van der Waals surface area contributed by atoms with Crippen LogP contribution < -0.4 is 16.6 Å². The number of nitrogens with one attached hydrogen (secondary N) is 2. The number of hydrazine groups is 1. The number of anilines is 1. The van der Waals surface area contributed by atoms with Gasteiger partial charge in [0.2, 0.25) is 0 Å². The van der Waals surface area contributed by atoms with Crippen molar-refractivity contribution in [3.8, 4) is 0 Å². The second-order valence-electron chi connectivity index (χ2n) is 4.46. The minimum absolute atomic E-state index is 0.0624. The van der Waals surface area contributed by atoms with Gasteiger partial charge in [-0.05, 0) is 25.0 Å². The molecule has 5 heteroatoms. The van der Waals surface area contributed by atoms with E-state index in [4.69, 9.17) is 5.84 Å². The van der Waals surface area contributed by atoms with Crippen LogP contribution in [0.2, 0.25) is 0 Å². The smallest absolute Gasteiger partial charge is 0.252 e. The van der Waals surface area contributed by atoms with Gasteiger partial charge in [0, 0.05) is 11.4 Å². The monoisotopic (exact) mass is 242 g/mol. The summed E-state index contributed by atoms with van der Waals surface area (Å²) in [5.41, 5.74) is 3.86. The number of rotatable bonds is 3. The number of para-hydroxylation sites is 1. The first-order valence-corrected chi connectivity index (χ1v) is 5.95. The van der Waals surface area contributed by atoms with Gasteiger partial charge in [0.25, 0.3) is 5.91 Å². The van der Waals surface area contributed by atoms with Gasteiger partial charge in [-0.25, -0.2) is 10.8 Å². The number of nitrogen functional groups attached to an aromatic ring is 1. The quantitative estimate of drug-likeness (QED) is 0.561. The third-order valence-electron chi connectivity index (χ3n) is 3.02. The molecule has 5 nitrogen and oxygen atoms in total. The maximum absolute atomic E-state index is 12.2. The Hall–Kier alpha value is -2.14. The standard InChI is InChI=1S/C13H14N4O/c14-17-12-7-10(13(18)15-8-5-6-8)9-3-1-2-4-11(9)16-12/h1-4,7-8H,5-6,14H2,(H,15,18)(H,16,17). The fourth-order valence-corrected chi connectivity index (χ4v) is 1.93. The molecule has 1 aromatic carbocycles. The van der Waals surface area contributed by atoms with E-state index in [2.05, 4.69) is 15.7 Å². The lowest BCUT2D eigenvalue weighted by Crippen LogP contribution is -2.26. The third-order valence-corrected chi connectivity index (χ3v) is 3.02. The maximum Gasteiger partial charge on any atom is 0.252 e. The summed E-state index contributed by atoms with van der Waals surface area (Å²) >= 11 is 0. The lowest BCUT2D eigenvalue weighted by Gasteiger charge is -2.09. The zero-order valence-electron chi connectivity index (χ0n) is 9.81. The SMILES string of the molecule is NNc1cc(C(=O)NC2CC2)c2ccccc2n1. The zero-order chi connectivity index (χ0) is 12.5. The molecule has 0 radical (unpaired) electrons. The van der Waals surface area contributed by atoms with E-state index in [1.165, 1.54) is 0 Å². The highest BCUT2D eigenvalue weighted by atomic mass is 16.1. The van der Waals surface area contributed by atoms with Gasteiger partial charge in [-0.2, -0.15) is 0 Å². The van der Waals surface area contributed by atoms with Gasteiger partial charge in [0.1, 0.15) is 5.82 Å². The predicted octanol–water partition coefficient (Wildman–Crippen LogP) is 1.41. The Balaban J connectivity index is 2.09. The molecule has 0 spiro atoms. The van der Waals surface area contributed by atoms with Crippen LogP contribution in [0.1, 0.15) is 23.2 Å². The highest BCUT2D eigenvalue weighted by molar-refractivity contribution is 6.07. The summed E-state index contributed by atoms with van der Waals surface area (Å²) in [5, 5.41) is 3.82. The van der Waals surface area contributed by atoms with Crippen LogP contribution in [-0.4, -0.2) is 16.9 Å². The molecule has 2 aromatic rings. The largest absolute Gasteiger partial charge is 0.349 e. The minimum atomic E-state index is -0.0624. The van der Waals surface area contributed by atoms with E-state index in [1.807, 2.05) is 24.3 Å². The van der Waals surface area contributed by atoms with Crippen molar-refractivity contribution in [2.45, 2.75) is 18.9 Å². The Morgan fingerprint density at radius 3 is 2.83 bits per heavy atom. The number of fused-ring (bicyclic) bond motifs is 1. The van der Waals surface area contributed by atoms with Crippen molar-refractivity contribution in [2.75, 3.05) is 5.43 Å². The predicted molar refractivity (Wildman–Crippen MR) is 70.0 cm³/mol. The molecule has 0 saturated heterocycles. The average Bonchev–Trinajstić information content (AvgIpc) is 3.21. The molecule has 3 rings (SSSR count). The first-order valence-electron chi connectivity index (χ1n) is 5.95. The normalized spacial score (nSPS) is 14.5. The zero-order valence-corrected chi connectivity index (χ0v) is 9.81.